The first kappa shape index (κ1) is 22.9. The van der Waals surface area contributed by atoms with Crippen molar-refractivity contribution < 1.29 is 20.0 Å². The van der Waals surface area contributed by atoms with Crippen molar-refractivity contribution in [1.82, 2.24) is 0 Å². The van der Waals surface area contributed by atoms with E-state index in [1.54, 1.807) is 8.35 Å². The van der Waals surface area contributed by atoms with Crippen LogP contribution in [0.4, 0.5) is 0 Å². The van der Waals surface area contributed by atoms with Gasteiger partial charge in [0.05, 0.1) is 0 Å². The summed E-state index contributed by atoms with van der Waals surface area (Å²) in [6, 6.07) is 0. The Morgan fingerprint density at radius 3 is 2.30 bits per heavy atom. The van der Waals surface area contributed by atoms with Crippen LogP contribution in [0.1, 0.15) is 90.9 Å². The molecule has 2 aliphatic carbocycles. The molecule has 0 nitrogen and oxygen atoms in total. The average Bonchev–Trinajstić information content (AvgIpc) is 3.38. The van der Waals surface area contributed by atoms with Crippen molar-refractivity contribution in [1.29, 1.82) is 0 Å². The van der Waals surface area contributed by atoms with E-state index in [-0.39, 0.29) is 0 Å². The molecule has 27 heavy (non-hydrogen) atoms. The molecule has 0 spiro atoms. The first-order chi connectivity index (χ1) is 13.3. The molecule has 0 unspecified atom stereocenters. The molecule has 2 aliphatic rings. The van der Waals surface area contributed by atoms with Crippen LogP contribution in [0.3, 0.4) is 0 Å². The maximum absolute atomic E-state index is 3.85. The molecule has 150 valence electrons. The van der Waals surface area contributed by atoms with E-state index < -0.39 is 20.0 Å². The van der Waals surface area contributed by atoms with Crippen LogP contribution in [0, 0.1) is 0 Å². The predicted molar refractivity (Wildman–Crippen MR) is 120 cm³/mol. The van der Waals surface area contributed by atoms with E-state index in [4.69, 9.17) is 0 Å². The van der Waals surface area contributed by atoms with Gasteiger partial charge in [0.15, 0.2) is 0 Å². The Morgan fingerprint density at radius 1 is 0.926 bits per heavy atom. The first-order valence-electron chi connectivity index (χ1n) is 11.6. The normalized spacial score (nSPS) is 16.4. The van der Waals surface area contributed by atoms with Crippen LogP contribution >= 0.6 is 0 Å². The van der Waals surface area contributed by atoms with Gasteiger partial charge in [0.1, 0.15) is 0 Å². The second-order valence-corrected chi connectivity index (χ2v) is 24.1. The molecule has 0 N–H and O–H groups in total. The summed E-state index contributed by atoms with van der Waals surface area (Å²) in [5.41, 5.74) is 1.85. The quantitative estimate of drug-likeness (QED) is 0.112. The average molecular weight is 533 g/mol. The van der Waals surface area contributed by atoms with E-state index >= 15 is 0 Å². The zero-order valence-corrected chi connectivity index (χ0v) is 21.7. The molecule has 2 rings (SSSR count). The van der Waals surface area contributed by atoms with Crippen molar-refractivity contribution in [2.24, 2.45) is 0 Å². The summed E-state index contributed by atoms with van der Waals surface area (Å²) < 4.78 is 6.96. The standard InChI is InChI=1S/C13H19.C5H5.2C4H9.Hf/c1-2-3-4-5-6-7-10-13-11-8-9-12-13;1-2-4-5-3-1;2*1-3-4-2;/h2,8-9H,1,3-7,10-11H2;1-3H,4H2;2*1,3-4H2,2H3;. The van der Waals surface area contributed by atoms with Gasteiger partial charge in [-0.15, -0.1) is 0 Å². The molecule has 0 bridgehead atoms. The van der Waals surface area contributed by atoms with Gasteiger partial charge in [0.2, 0.25) is 0 Å². The van der Waals surface area contributed by atoms with Gasteiger partial charge in [-0.25, -0.2) is 0 Å². The van der Waals surface area contributed by atoms with E-state index in [9.17, 15) is 0 Å². The molecule has 1 heteroatoms. The van der Waals surface area contributed by atoms with Gasteiger partial charge in [-0.3, -0.25) is 0 Å². The summed E-state index contributed by atoms with van der Waals surface area (Å²) in [5.74, 6) is 0. The summed E-state index contributed by atoms with van der Waals surface area (Å²) in [7, 11) is 0. The van der Waals surface area contributed by atoms with Gasteiger partial charge in [-0.2, -0.15) is 0 Å². The molecular weight excluding hydrogens is 491 g/mol. The van der Waals surface area contributed by atoms with E-state index in [1.165, 1.54) is 77.0 Å². The van der Waals surface area contributed by atoms with Crippen molar-refractivity contribution in [2.45, 2.75) is 99.3 Å². The van der Waals surface area contributed by atoms with Crippen LogP contribution < -0.4 is 0 Å². The third-order valence-electron chi connectivity index (χ3n) is 6.48. The summed E-state index contributed by atoms with van der Waals surface area (Å²) in [6.45, 7) is 8.60. The summed E-state index contributed by atoms with van der Waals surface area (Å²) in [6.07, 6.45) is 30.6. The number of unbranched alkanes of at least 4 members (excludes halogenated alkanes) is 6. The second-order valence-electron chi connectivity index (χ2n) is 8.48. The Morgan fingerprint density at radius 2 is 1.67 bits per heavy atom. The molecular formula is C26H42Hf. The topological polar surface area (TPSA) is 0 Å². The Balaban J connectivity index is 2.16. The number of allylic oxidation sites excluding steroid dienone is 9. The molecule has 0 saturated heterocycles. The van der Waals surface area contributed by atoms with E-state index in [0.717, 1.165) is 0 Å². The molecule has 0 radical (unpaired) electrons. The molecule has 0 aromatic rings. The fraction of sp³-hybridized carbons (Fsp3) is 0.615. The molecule has 0 fully saturated rings. The monoisotopic (exact) mass is 534 g/mol. The Bertz CT molecular complexity index is 565. The Labute approximate surface area is 173 Å². The van der Waals surface area contributed by atoms with Crippen LogP contribution in [0.5, 0.6) is 0 Å². The Hall–Kier alpha value is -0.430. The molecule has 0 heterocycles. The number of hydrogen-bond donors (Lipinski definition) is 0. The molecule has 0 amide bonds. The maximum atomic E-state index is 3.85. The van der Waals surface area contributed by atoms with Crippen LogP contribution in [0.25, 0.3) is 0 Å². The number of rotatable bonds is 15. The van der Waals surface area contributed by atoms with E-state index in [0.29, 0.717) is 0 Å². The fourth-order valence-electron chi connectivity index (χ4n) is 4.91. The summed E-state index contributed by atoms with van der Waals surface area (Å²) >= 11 is -2.64. The van der Waals surface area contributed by atoms with Crippen molar-refractivity contribution in [2.75, 3.05) is 0 Å². The zero-order chi connectivity index (χ0) is 19.4. The van der Waals surface area contributed by atoms with Gasteiger partial charge in [0, 0.05) is 0 Å². The molecule has 0 aromatic heterocycles. The van der Waals surface area contributed by atoms with Crippen LogP contribution in [-0.4, -0.2) is 0 Å². The van der Waals surface area contributed by atoms with Crippen LogP contribution in [-0.2, 0) is 20.0 Å². The van der Waals surface area contributed by atoms with Gasteiger partial charge in [-0.05, 0) is 0 Å². The summed E-state index contributed by atoms with van der Waals surface area (Å²) in [4.78, 5) is 0. The van der Waals surface area contributed by atoms with E-state index in [1.807, 2.05) is 12.2 Å². The van der Waals surface area contributed by atoms with Crippen molar-refractivity contribution in [3.05, 3.63) is 55.3 Å². The van der Waals surface area contributed by atoms with Gasteiger partial charge >= 0.3 is 174 Å². The van der Waals surface area contributed by atoms with Gasteiger partial charge in [-0.1, -0.05) is 0 Å². The first-order valence-corrected chi connectivity index (χ1v) is 20.3. The number of hydrogen-bond acceptors (Lipinski definition) is 0. The van der Waals surface area contributed by atoms with Gasteiger partial charge < -0.3 is 0 Å². The van der Waals surface area contributed by atoms with Crippen molar-refractivity contribution in [3.63, 3.8) is 0 Å². The van der Waals surface area contributed by atoms with Crippen molar-refractivity contribution >= 4 is 0 Å². The van der Waals surface area contributed by atoms with E-state index in [2.05, 4.69) is 56.9 Å². The molecule has 0 atom stereocenters. The third kappa shape index (κ3) is 6.55. The summed E-state index contributed by atoms with van der Waals surface area (Å²) in [5, 5.41) is 0. The molecule has 0 aliphatic heterocycles. The zero-order valence-electron chi connectivity index (χ0n) is 18.1. The molecule has 0 aromatic carbocycles. The minimum absolute atomic E-state index is 1.19. The van der Waals surface area contributed by atoms with Gasteiger partial charge in [0.25, 0.3) is 0 Å². The van der Waals surface area contributed by atoms with Crippen LogP contribution in [0.15, 0.2) is 55.3 Å². The minimum atomic E-state index is -2.64. The van der Waals surface area contributed by atoms with Crippen LogP contribution in [0.2, 0.25) is 8.35 Å². The Kier molecular flexibility index (Phi) is 10.9. The molecule has 0 saturated carbocycles. The SMILES string of the molecule is C=CCCCCCCC1=[C]([Hf]([CH2]CCC)([CH2]CCC)[C]2=CC=CC2)C=CC1. The predicted octanol–water partition coefficient (Wildman–Crippen LogP) is 9.16. The fourth-order valence-corrected chi connectivity index (χ4v) is 26.3. The third-order valence-corrected chi connectivity index (χ3v) is 26.5. The second kappa shape index (κ2) is 12.9. The van der Waals surface area contributed by atoms with Crippen molar-refractivity contribution in [3.8, 4) is 0 Å².